The zero-order chi connectivity index (χ0) is 18.4. The van der Waals surface area contributed by atoms with E-state index in [9.17, 15) is 9.59 Å². The molecule has 0 unspecified atom stereocenters. The van der Waals surface area contributed by atoms with Crippen LogP contribution < -0.4 is 11.1 Å². The Labute approximate surface area is 148 Å². The van der Waals surface area contributed by atoms with Crippen molar-refractivity contribution in [2.24, 2.45) is 11.0 Å². The van der Waals surface area contributed by atoms with Gasteiger partial charge < -0.3 is 14.4 Å². The van der Waals surface area contributed by atoms with Gasteiger partial charge in [0.1, 0.15) is 12.0 Å². The van der Waals surface area contributed by atoms with Crippen LogP contribution in [0.5, 0.6) is 0 Å². The summed E-state index contributed by atoms with van der Waals surface area (Å²) in [6, 6.07) is 0. The minimum Gasteiger partial charge on any atom is -0.466 e. The van der Waals surface area contributed by atoms with E-state index in [0.717, 1.165) is 12.8 Å². The molecule has 0 saturated carbocycles. The van der Waals surface area contributed by atoms with E-state index in [4.69, 9.17) is 9.47 Å². The maximum absolute atomic E-state index is 12.1. The van der Waals surface area contributed by atoms with Crippen LogP contribution in [0.2, 0.25) is 0 Å². The topological polar surface area (TPSA) is 95.5 Å². The maximum Gasteiger partial charge on any atom is 0.410 e. The molecule has 0 atom stereocenters. The van der Waals surface area contributed by atoms with E-state index >= 15 is 0 Å². The van der Waals surface area contributed by atoms with Crippen LogP contribution in [0.15, 0.2) is 5.10 Å². The molecule has 0 aromatic rings. The molecule has 0 bridgehead atoms. The summed E-state index contributed by atoms with van der Waals surface area (Å²) in [5, 5.41) is 5.92. The highest BCUT2D eigenvalue weighted by Crippen LogP contribution is 2.21. The number of hydrazine groups is 2. The molecule has 1 amide bonds. The van der Waals surface area contributed by atoms with Gasteiger partial charge in [-0.25, -0.2) is 10.3 Å². The van der Waals surface area contributed by atoms with Crippen molar-refractivity contribution in [1.29, 1.82) is 0 Å². The van der Waals surface area contributed by atoms with Gasteiger partial charge in [0.2, 0.25) is 0 Å². The van der Waals surface area contributed by atoms with Crippen LogP contribution in [-0.4, -0.2) is 59.6 Å². The lowest BCUT2D eigenvalue weighted by atomic mass is 9.97. The van der Waals surface area contributed by atoms with Crippen LogP contribution in [0.4, 0.5) is 4.79 Å². The minimum absolute atomic E-state index is 0.130. The quantitative estimate of drug-likeness (QED) is 0.716. The average molecular weight is 355 g/mol. The lowest BCUT2D eigenvalue weighted by Gasteiger charge is -2.35. The normalized spacial score (nSPS) is 18.6. The predicted octanol–water partition coefficient (Wildman–Crippen LogP) is 1.22. The Morgan fingerprint density at radius 2 is 1.96 bits per heavy atom. The molecule has 0 radical (unpaired) electrons. The molecule has 142 valence electrons. The predicted molar refractivity (Wildman–Crippen MR) is 92.2 cm³/mol. The van der Waals surface area contributed by atoms with Crippen molar-refractivity contribution in [2.45, 2.75) is 52.6 Å². The summed E-state index contributed by atoms with van der Waals surface area (Å²) in [4.78, 5) is 25.5. The standard InChI is InChI=1S/C16H29N5O4/c1-5-24-14(22)10-13-17-18-19-21(13)11-12-6-8-20(9-7-12)15(23)25-16(2,3)4/h12,18-19H,5-11H2,1-4H3. The molecule has 0 aliphatic carbocycles. The lowest BCUT2D eigenvalue weighted by Crippen LogP contribution is -2.47. The second-order valence-corrected chi connectivity index (χ2v) is 7.25. The monoisotopic (exact) mass is 355 g/mol. The van der Waals surface area contributed by atoms with Crippen molar-refractivity contribution in [2.75, 3.05) is 26.2 Å². The highest BCUT2D eigenvalue weighted by molar-refractivity contribution is 5.97. The second kappa shape index (κ2) is 8.37. The summed E-state index contributed by atoms with van der Waals surface area (Å²) in [7, 11) is 0. The Balaban J connectivity index is 1.77. The molecule has 25 heavy (non-hydrogen) atoms. The number of hydrogen-bond donors (Lipinski definition) is 2. The molecule has 2 rings (SSSR count). The number of piperidine rings is 1. The van der Waals surface area contributed by atoms with Crippen LogP contribution in [0.3, 0.4) is 0 Å². The zero-order valence-electron chi connectivity index (χ0n) is 15.5. The van der Waals surface area contributed by atoms with Crippen molar-refractivity contribution >= 4 is 17.9 Å². The van der Waals surface area contributed by atoms with E-state index < -0.39 is 5.60 Å². The van der Waals surface area contributed by atoms with Gasteiger partial charge in [-0.2, -0.15) is 0 Å². The van der Waals surface area contributed by atoms with Crippen molar-refractivity contribution in [3.63, 3.8) is 0 Å². The van der Waals surface area contributed by atoms with Gasteiger partial charge in [0.25, 0.3) is 0 Å². The largest absolute Gasteiger partial charge is 0.466 e. The first kappa shape index (κ1) is 19.3. The number of nitrogens with zero attached hydrogens (tertiary/aromatic N) is 3. The number of amides is 1. The number of likely N-dealkylation sites (tertiary alicyclic amines) is 1. The molecule has 0 aromatic carbocycles. The SMILES string of the molecule is CCOC(=O)CC1=NNNN1CC1CCN(C(=O)OC(C)(C)C)CC1. The number of hydrogen-bond acceptors (Lipinski definition) is 8. The van der Waals surface area contributed by atoms with Crippen molar-refractivity contribution in [3.05, 3.63) is 0 Å². The van der Waals surface area contributed by atoms with Gasteiger partial charge in [0.05, 0.1) is 6.61 Å². The third-order valence-corrected chi connectivity index (χ3v) is 4.00. The maximum atomic E-state index is 12.1. The molecule has 0 spiro atoms. The summed E-state index contributed by atoms with van der Waals surface area (Å²) in [5.74, 6) is 0.725. The Morgan fingerprint density at radius 1 is 1.28 bits per heavy atom. The number of ether oxygens (including phenoxy) is 2. The third-order valence-electron chi connectivity index (χ3n) is 4.00. The number of carbonyl (C=O) groups excluding carboxylic acids is 2. The molecule has 9 heteroatoms. The molecule has 2 N–H and O–H groups in total. The number of nitrogens with one attached hydrogen (secondary N) is 2. The summed E-state index contributed by atoms with van der Waals surface area (Å²) in [5.41, 5.74) is 5.14. The van der Waals surface area contributed by atoms with Crippen LogP contribution >= 0.6 is 0 Å². The van der Waals surface area contributed by atoms with Gasteiger partial charge in [0.15, 0.2) is 5.84 Å². The summed E-state index contributed by atoms with van der Waals surface area (Å²) in [6.07, 6.45) is 1.63. The van der Waals surface area contributed by atoms with E-state index in [1.54, 1.807) is 11.8 Å². The van der Waals surface area contributed by atoms with Gasteiger partial charge in [-0.1, -0.05) is 0 Å². The molecule has 9 nitrogen and oxygen atoms in total. The summed E-state index contributed by atoms with van der Waals surface area (Å²) < 4.78 is 10.4. The molecule has 2 aliphatic heterocycles. The average Bonchev–Trinajstić information content (AvgIpc) is 2.93. The Morgan fingerprint density at radius 3 is 2.56 bits per heavy atom. The molecule has 0 aromatic heterocycles. The number of amidine groups is 1. The highest BCUT2D eigenvalue weighted by atomic mass is 16.6. The van der Waals surface area contributed by atoms with Gasteiger partial charge in [-0.3, -0.25) is 9.80 Å². The number of carbonyl (C=O) groups is 2. The Bertz CT molecular complexity index is 509. The third kappa shape index (κ3) is 6.08. The number of hydrazone groups is 1. The first-order chi connectivity index (χ1) is 11.8. The van der Waals surface area contributed by atoms with E-state index in [1.165, 1.54) is 0 Å². The van der Waals surface area contributed by atoms with Gasteiger partial charge in [-0.05, 0) is 46.5 Å². The summed E-state index contributed by atoms with van der Waals surface area (Å²) in [6.45, 7) is 9.80. The van der Waals surface area contributed by atoms with Crippen molar-refractivity contribution in [3.8, 4) is 0 Å². The van der Waals surface area contributed by atoms with E-state index in [1.807, 2.05) is 25.8 Å². The molecular weight excluding hydrogens is 326 g/mol. The van der Waals surface area contributed by atoms with Gasteiger partial charge in [-0.15, -0.1) is 10.6 Å². The van der Waals surface area contributed by atoms with Crippen LogP contribution in [0.1, 0.15) is 47.0 Å². The van der Waals surface area contributed by atoms with E-state index in [-0.39, 0.29) is 18.5 Å². The minimum atomic E-state index is -0.475. The van der Waals surface area contributed by atoms with Crippen LogP contribution in [0.25, 0.3) is 0 Å². The van der Waals surface area contributed by atoms with E-state index in [2.05, 4.69) is 16.2 Å². The lowest BCUT2D eigenvalue weighted by molar-refractivity contribution is -0.141. The van der Waals surface area contributed by atoms with Crippen molar-refractivity contribution < 1.29 is 19.1 Å². The molecule has 1 fully saturated rings. The molecule has 2 heterocycles. The zero-order valence-corrected chi connectivity index (χ0v) is 15.5. The van der Waals surface area contributed by atoms with Gasteiger partial charge in [0, 0.05) is 19.6 Å². The number of esters is 1. The summed E-state index contributed by atoms with van der Waals surface area (Å²) >= 11 is 0. The fourth-order valence-corrected chi connectivity index (χ4v) is 2.78. The van der Waals surface area contributed by atoms with E-state index in [0.29, 0.717) is 38.0 Å². The van der Waals surface area contributed by atoms with Crippen LogP contribution in [0, 0.1) is 5.92 Å². The smallest absolute Gasteiger partial charge is 0.410 e. The Hall–Kier alpha value is -2.03. The van der Waals surface area contributed by atoms with Crippen molar-refractivity contribution in [1.82, 2.24) is 21.0 Å². The number of rotatable bonds is 5. The fourth-order valence-electron chi connectivity index (χ4n) is 2.78. The second-order valence-electron chi connectivity index (χ2n) is 7.25. The molecule has 2 aliphatic rings. The first-order valence-electron chi connectivity index (χ1n) is 8.76. The van der Waals surface area contributed by atoms with Crippen LogP contribution in [-0.2, 0) is 14.3 Å². The van der Waals surface area contributed by atoms with Gasteiger partial charge >= 0.3 is 12.1 Å². The molecular formula is C16H29N5O4. The Kier molecular flexibility index (Phi) is 6.46. The highest BCUT2D eigenvalue weighted by Gasteiger charge is 2.29. The fraction of sp³-hybridized carbons (Fsp3) is 0.812. The first-order valence-corrected chi connectivity index (χ1v) is 8.76. The molecule has 1 saturated heterocycles.